The number of rotatable bonds is 2. The van der Waals surface area contributed by atoms with E-state index in [0.29, 0.717) is 11.0 Å². The minimum Gasteiger partial charge on any atom is -0.384 e. The third-order valence-electron chi connectivity index (χ3n) is 1.91. The second kappa shape index (κ2) is 3.77. The molecule has 5 heteroatoms. The Kier molecular flexibility index (Phi) is 2.91. The number of aliphatic hydroxyl groups is 1. The third kappa shape index (κ3) is 1.82. The number of nitriles is 1. The molecule has 1 N–H and O–H groups in total. The van der Waals surface area contributed by atoms with E-state index in [-0.39, 0.29) is 0 Å². The topological polar surface area (TPSA) is 61.8 Å². The quantitative estimate of drug-likeness (QED) is 0.780. The predicted octanol–water partition coefficient (Wildman–Crippen LogP) is 1.27. The predicted molar refractivity (Wildman–Crippen MR) is 48.0 cm³/mol. The molecule has 4 nitrogen and oxygen atoms in total. The number of aliphatic hydroxyl groups excluding tert-OH is 1. The van der Waals surface area contributed by atoms with Gasteiger partial charge in [0, 0.05) is 7.05 Å². The van der Waals surface area contributed by atoms with E-state index in [9.17, 15) is 5.11 Å². The van der Waals surface area contributed by atoms with Crippen LogP contribution in [0.15, 0.2) is 6.20 Å². The van der Waals surface area contributed by atoms with Crippen LogP contribution in [0.3, 0.4) is 0 Å². The van der Waals surface area contributed by atoms with Crippen LogP contribution in [0, 0.1) is 17.2 Å². The largest absolute Gasteiger partial charge is 0.384 e. The lowest BCUT2D eigenvalue weighted by Crippen LogP contribution is -2.12. The zero-order valence-corrected chi connectivity index (χ0v) is 8.15. The summed E-state index contributed by atoms with van der Waals surface area (Å²) in [5.74, 6) is -0.0729. The zero-order chi connectivity index (χ0) is 10.0. The minimum atomic E-state index is -0.887. The Morgan fingerprint density at radius 2 is 2.38 bits per heavy atom. The summed E-state index contributed by atoms with van der Waals surface area (Å²) in [5.41, 5.74) is 0. The lowest BCUT2D eigenvalue weighted by atomic mass is 10.1. The van der Waals surface area contributed by atoms with Gasteiger partial charge in [-0.25, -0.2) is 4.98 Å². The monoisotopic (exact) mass is 199 g/mol. The summed E-state index contributed by atoms with van der Waals surface area (Å²) in [4.78, 5) is 3.91. The number of hydrogen-bond acceptors (Lipinski definition) is 3. The maximum Gasteiger partial charge on any atom is 0.139 e. The van der Waals surface area contributed by atoms with Gasteiger partial charge < -0.3 is 9.67 Å². The van der Waals surface area contributed by atoms with E-state index in [2.05, 4.69) is 4.98 Å². The summed E-state index contributed by atoms with van der Waals surface area (Å²) in [7, 11) is 1.69. The molecule has 0 saturated heterocycles. The maximum absolute atomic E-state index is 9.62. The number of imidazole rings is 1. The molecule has 0 aliphatic rings. The van der Waals surface area contributed by atoms with Gasteiger partial charge in [0.15, 0.2) is 0 Å². The van der Waals surface area contributed by atoms with E-state index in [4.69, 9.17) is 16.9 Å². The van der Waals surface area contributed by atoms with Gasteiger partial charge in [-0.1, -0.05) is 11.6 Å². The van der Waals surface area contributed by atoms with Gasteiger partial charge in [0.05, 0.1) is 18.2 Å². The number of halogens is 1. The maximum atomic E-state index is 9.62. The van der Waals surface area contributed by atoms with Gasteiger partial charge in [-0.05, 0) is 6.92 Å². The van der Waals surface area contributed by atoms with Gasteiger partial charge in [0.1, 0.15) is 17.1 Å². The van der Waals surface area contributed by atoms with Crippen LogP contribution in [0.25, 0.3) is 0 Å². The number of hydrogen-bond donors (Lipinski definition) is 1. The molecule has 0 saturated carbocycles. The van der Waals surface area contributed by atoms with E-state index in [1.165, 1.54) is 6.20 Å². The smallest absolute Gasteiger partial charge is 0.139 e. The summed E-state index contributed by atoms with van der Waals surface area (Å²) in [6.07, 6.45) is 0.562. The lowest BCUT2D eigenvalue weighted by Gasteiger charge is -2.11. The Labute approximate surface area is 81.4 Å². The molecular formula is C8H10ClN3O. The number of nitrogens with zero attached hydrogens (tertiary/aromatic N) is 3. The fraction of sp³-hybridized carbons (Fsp3) is 0.500. The Morgan fingerprint density at radius 1 is 1.77 bits per heavy atom. The summed E-state index contributed by atoms with van der Waals surface area (Å²) in [5, 5.41) is 18.6. The van der Waals surface area contributed by atoms with Crippen LogP contribution in [-0.2, 0) is 7.05 Å². The molecule has 1 aromatic heterocycles. The second-order valence-electron chi connectivity index (χ2n) is 2.86. The molecule has 0 radical (unpaired) electrons. The molecule has 0 amide bonds. The van der Waals surface area contributed by atoms with Crippen molar-refractivity contribution in [1.29, 1.82) is 5.26 Å². The van der Waals surface area contributed by atoms with Crippen LogP contribution in [0.5, 0.6) is 0 Å². The highest BCUT2D eigenvalue weighted by molar-refractivity contribution is 6.29. The molecule has 2 unspecified atom stereocenters. The molecule has 0 fully saturated rings. The van der Waals surface area contributed by atoms with Crippen molar-refractivity contribution in [1.82, 2.24) is 9.55 Å². The Morgan fingerprint density at radius 3 is 2.77 bits per heavy atom. The molecule has 1 aromatic rings. The van der Waals surface area contributed by atoms with Crippen LogP contribution in [-0.4, -0.2) is 14.7 Å². The van der Waals surface area contributed by atoms with E-state index >= 15 is 0 Å². The first kappa shape index (κ1) is 10.0. The fourth-order valence-electron chi connectivity index (χ4n) is 0.971. The molecule has 0 aromatic carbocycles. The third-order valence-corrected chi connectivity index (χ3v) is 2.26. The van der Waals surface area contributed by atoms with E-state index in [1.54, 1.807) is 18.5 Å². The van der Waals surface area contributed by atoms with Crippen LogP contribution in [0.1, 0.15) is 18.9 Å². The fourth-order valence-corrected chi connectivity index (χ4v) is 1.11. The Balaban J connectivity index is 2.96. The van der Waals surface area contributed by atoms with Crippen LogP contribution in [0.4, 0.5) is 0 Å². The summed E-state index contributed by atoms with van der Waals surface area (Å²) < 4.78 is 1.56. The van der Waals surface area contributed by atoms with Gasteiger partial charge in [-0.2, -0.15) is 5.26 Å². The minimum absolute atomic E-state index is 0.416. The average Bonchev–Trinajstić information content (AvgIpc) is 2.45. The molecule has 70 valence electrons. The van der Waals surface area contributed by atoms with Crippen LogP contribution < -0.4 is 0 Å². The lowest BCUT2D eigenvalue weighted by molar-refractivity contribution is 0.130. The van der Waals surface area contributed by atoms with Crippen molar-refractivity contribution in [2.45, 2.75) is 13.0 Å². The standard InChI is InChI=1S/C8H10ClN3O/c1-5(3-10)7(13)8-11-4-6(9)12(8)2/h4-5,7,13H,1-2H3. The van der Waals surface area contributed by atoms with Crippen molar-refractivity contribution < 1.29 is 5.11 Å². The molecule has 13 heavy (non-hydrogen) atoms. The molecule has 2 atom stereocenters. The van der Waals surface area contributed by atoms with Gasteiger partial charge in [-0.3, -0.25) is 0 Å². The molecule has 1 rings (SSSR count). The molecule has 0 spiro atoms. The van der Waals surface area contributed by atoms with E-state index in [0.717, 1.165) is 0 Å². The van der Waals surface area contributed by atoms with Crippen LogP contribution in [0.2, 0.25) is 5.15 Å². The van der Waals surface area contributed by atoms with Crippen molar-refractivity contribution in [2.75, 3.05) is 0 Å². The summed E-state index contributed by atoms with van der Waals surface area (Å²) >= 11 is 5.73. The Bertz CT molecular complexity index is 342. The van der Waals surface area contributed by atoms with Crippen molar-refractivity contribution in [3.63, 3.8) is 0 Å². The summed E-state index contributed by atoms with van der Waals surface area (Å²) in [6, 6.07) is 1.95. The molecule has 1 heterocycles. The first-order valence-electron chi connectivity index (χ1n) is 3.82. The van der Waals surface area contributed by atoms with Crippen LogP contribution >= 0.6 is 11.6 Å². The first-order chi connectivity index (χ1) is 6.07. The SMILES string of the molecule is CC(C#N)C(O)c1ncc(Cl)n1C. The van der Waals surface area contributed by atoms with Crippen molar-refractivity contribution in [3.8, 4) is 6.07 Å². The molecule has 0 bridgehead atoms. The van der Waals surface area contributed by atoms with Gasteiger partial charge in [0.2, 0.25) is 0 Å². The normalized spacial score (nSPS) is 15.0. The zero-order valence-electron chi connectivity index (χ0n) is 7.40. The van der Waals surface area contributed by atoms with E-state index in [1.807, 2.05) is 6.07 Å². The molecular weight excluding hydrogens is 190 g/mol. The Hall–Kier alpha value is -1.05. The summed E-state index contributed by atoms with van der Waals surface area (Å²) in [6.45, 7) is 1.63. The van der Waals surface area contributed by atoms with Crippen molar-refractivity contribution in [2.24, 2.45) is 13.0 Å². The van der Waals surface area contributed by atoms with Crippen molar-refractivity contribution >= 4 is 11.6 Å². The highest BCUT2D eigenvalue weighted by Crippen LogP contribution is 2.21. The van der Waals surface area contributed by atoms with Crippen molar-refractivity contribution in [3.05, 3.63) is 17.2 Å². The highest BCUT2D eigenvalue weighted by Gasteiger charge is 2.20. The molecule has 0 aliphatic heterocycles. The average molecular weight is 200 g/mol. The second-order valence-corrected chi connectivity index (χ2v) is 3.25. The van der Waals surface area contributed by atoms with Gasteiger partial charge in [-0.15, -0.1) is 0 Å². The highest BCUT2D eigenvalue weighted by atomic mass is 35.5. The molecule has 0 aliphatic carbocycles. The van der Waals surface area contributed by atoms with Gasteiger partial charge >= 0.3 is 0 Å². The van der Waals surface area contributed by atoms with Gasteiger partial charge in [0.25, 0.3) is 0 Å². The number of aromatic nitrogens is 2. The first-order valence-corrected chi connectivity index (χ1v) is 4.20. The van der Waals surface area contributed by atoms with E-state index < -0.39 is 12.0 Å².